The highest BCUT2D eigenvalue weighted by Gasteiger charge is 2.60. The van der Waals surface area contributed by atoms with Crippen molar-refractivity contribution in [3.8, 4) is 0 Å². The highest BCUT2D eigenvalue weighted by molar-refractivity contribution is 5.87. The molecule has 0 aromatic heterocycles. The predicted octanol–water partition coefficient (Wildman–Crippen LogP) is 8.79. The molecule has 2 N–H and O–H groups in total. The minimum Gasteiger partial charge on any atom is -0.481 e. The first-order valence-electron chi connectivity index (χ1n) is 13.9. The van der Waals surface area contributed by atoms with E-state index in [2.05, 4.69) is 13.8 Å². The van der Waals surface area contributed by atoms with Gasteiger partial charge in [0.15, 0.2) is 0 Å². The van der Waals surface area contributed by atoms with Crippen LogP contribution in [0.5, 0.6) is 0 Å². The summed E-state index contributed by atoms with van der Waals surface area (Å²) in [6.45, 7) is 6.63. The van der Waals surface area contributed by atoms with Gasteiger partial charge in [-0.1, -0.05) is 129 Å². The molecule has 1 aliphatic rings. The molecule has 0 aromatic carbocycles. The van der Waals surface area contributed by atoms with Crippen molar-refractivity contribution in [2.24, 2.45) is 16.7 Å². The first-order valence-corrected chi connectivity index (χ1v) is 13.9. The summed E-state index contributed by atoms with van der Waals surface area (Å²) < 4.78 is 0. The Bertz CT molecular complexity index is 582. The summed E-state index contributed by atoms with van der Waals surface area (Å²) in [5.74, 6) is -1.02. The first-order chi connectivity index (χ1) is 15.8. The van der Waals surface area contributed by atoms with E-state index < -0.39 is 22.8 Å². The molecule has 0 amide bonds. The van der Waals surface area contributed by atoms with Crippen molar-refractivity contribution in [3.63, 3.8) is 0 Å². The van der Waals surface area contributed by atoms with Crippen LogP contribution in [0, 0.1) is 16.7 Å². The summed E-state index contributed by atoms with van der Waals surface area (Å²) in [4.78, 5) is 24.8. The maximum atomic E-state index is 12.4. The maximum Gasteiger partial charge on any atom is 0.311 e. The van der Waals surface area contributed by atoms with E-state index in [1.165, 1.54) is 64.2 Å². The van der Waals surface area contributed by atoms with Gasteiger partial charge in [-0.15, -0.1) is 0 Å². The van der Waals surface area contributed by atoms with Gasteiger partial charge in [0.1, 0.15) is 0 Å². The molecule has 0 aliphatic heterocycles. The highest BCUT2D eigenvalue weighted by Crippen LogP contribution is 2.55. The lowest BCUT2D eigenvalue weighted by atomic mass is 9.54. The predicted molar refractivity (Wildman–Crippen MR) is 138 cm³/mol. The van der Waals surface area contributed by atoms with Gasteiger partial charge in [0.2, 0.25) is 0 Å². The minimum absolute atomic E-state index is 0.340. The summed E-state index contributed by atoms with van der Waals surface area (Å²) in [7, 11) is 0. The van der Waals surface area contributed by atoms with Crippen LogP contribution in [0.15, 0.2) is 12.2 Å². The third kappa shape index (κ3) is 9.45. The number of allylic oxidation sites excluding steroid dienone is 2. The number of hydrogen-bond donors (Lipinski definition) is 2. The number of hydrogen-bond acceptors (Lipinski definition) is 2. The van der Waals surface area contributed by atoms with Crippen LogP contribution in [0.4, 0.5) is 0 Å². The minimum atomic E-state index is -1.17. The van der Waals surface area contributed by atoms with Crippen LogP contribution in [0.1, 0.15) is 143 Å². The fraction of sp³-hybridized carbons (Fsp3) is 0.862. The van der Waals surface area contributed by atoms with Crippen molar-refractivity contribution in [1.29, 1.82) is 0 Å². The van der Waals surface area contributed by atoms with E-state index in [1.807, 2.05) is 19.1 Å². The Labute approximate surface area is 203 Å². The van der Waals surface area contributed by atoms with Crippen LogP contribution >= 0.6 is 0 Å². The normalized spacial score (nSPS) is 22.7. The SMILES string of the molecule is CCCCC1(C(=O)O)CC=CCC1(CCCCCCCCCCCCCCC(C)C)C(=O)O. The van der Waals surface area contributed by atoms with Gasteiger partial charge in [-0.2, -0.15) is 0 Å². The van der Waals surface area contributed by atoms with Crippen molar-refractivity contribution in [1.82, 2.24) is 0 Å². The Morgan fingerprint density at radius 1 is 0.667 bits per heavy atom. The molecule has 0 fully saturated rings. The van der Waals surface area contributed by atoms with Gasteiger partial charge in [0.25, 0.3) is 0 Å². The van der Waals surface area contributed by atoms with Gasteiger partial charge in [0, 0.05) is 0 Å². The fourth-order valence-electron chi connectivity index (χ4n) is 5.67. The van der Waals surface area contributed by atoms with Crippen molar-refractivity contribution in [2.45, 2.75) is 143 Å². The summed E-state index contributed by atoms with van der Waals surface area (Å²) >= 11 is 0. The van der Waals surface area contributed by atoms with E-state index in [0.29, 0.717) is 25.7 Å². The lowest BCUT2D eigenvalue weighted by Crippen LogP contribution is -2.53. The van der Waals surface area contributed by atoms with Crippen LogP contribution in [0.25, 0.3) is 0 Å². The van der Waals surface area contributed by atoms with Crippen molar-refractivity contribution in [3.05, 3.63) is 12.2 Å². The zero-order chi connectivity index (χ0) is 24.6. The van der Waals surface area contributed by atoms with E-state index in [4.69, 9.17) is 0 Å². The third-order valence-electron chi connectivity index (χ3n) is 7.93. The first kappa shape index (κ1) is 29.7. The van der Waals surface area contributed by atoms with E-state index >= 15 is 0 Å². The summed E-state index contributed by atoms with van der Waals surface area (Å²) in [5.41, 5.74) is -2.34. The van der Waals surface area contributed by atoms with Gasteiger partial charge in [-0.05, 0) is 31.6 Å². The molecule has 1 aliphatic carbocycles. The lowest BCUT2D eigenvalue weighted by molar-refractivity contribution is -0.177. The second-order valence-corrected chi connectivity index (χ2v) is 10.9. The number of rotatable bonds is 20. The third-order valence-corrected chi connectivity index (χ3v) is 7.93. The molecular weight excluding hydrogens is 412 g/mol. The second kappa shape index (κ2) is 16.3. The van der Waals surface area contributed by atoms with Crippen LogP contribution < -0.4 is 0 Å². The molecule has 33 heavy (non-hydrogen) atoms. The highest BCUT2D eigenvalue weighted by atomic mass is 16.4. The molecule has 2 unspecified atom stereocenters. The molecule has 192 valence electrons. The number of carboxylic acid groups (broad SMARTS) is 2. The fourth-order valence-corrected chi connectivity index (χ4v) is 5.67. The van der Waals surface area contributed by atoms with Crippen LogP contribution in [0.3, 0.4) is 0 Å². The topological polar surface area (TPSA) is 74.6 Å². The van der Waals surface area contributed by atoms with Crippen molar-refractivity contribution in [2.75, 3.05) is 0 Å². The van der Waals surface area contributed by atoms with E-state index in [1.54, 1.807) is 0 Å². The number of aliphatic carboxylic acids is 2. The average Bonchev–Trinajstić information content (AvgIpc) is 2.77. The number of carbonyl (C=O) groups is 2. The molecule has 0 saturated heterocycles. The maximum absolute atomic E-state index is 12.4. The van der Waals surface area contributed by atoms with Crippen molar-refractivity contribution >= 4 is 11.9 Å². The summed E-state index contributed by atoms with van der Waals surface area (Å²) in [6, 6.07) is 0. The monoisotopic (exact) mass is 464 g/mol. The van der Waals surface area contributed by atoms with Crippen molar-refractivity contribution < 1.29 is 19.8 Å². The zero-order valence-corrected chi connectivity index (χ0v) is 21.9. The van der Waals surface area contributed by atoms with E-state index in [0.717, 1.165) is 38.0 Å². The molecule has 2 atom stereocenters. The van der Waals surface area contributed by atoms with Gasteiger partial charge >= 0.3 is 11.9 Å². The van der Waals surface area contributed by atoms with Crippen LogP contribution in [-0.4, -0.2) is 22.2 Å². The zero-order valence-electron chi connectivity index (χ0n) is 21.9. The Morgan fingerprint density at radius 2 is 1.03 bits per heavy atom. The Balaban J connectivity index is 2.31. The Morgan fingerprint density at radius 3 is 1.39 bits per heavy atom. The molecule has 4 nitrogen and oxygen atoms in total. The number of carboxylic acids is 2. The molecule has 0 aromatic rings. The smallest absolute Gasteiger partial charge is 0.311 e. The molecule has 1 rings (SSSR count). The molecular formula is C29H52O4. The van der Waals surface area contributed by atoms with Gasteiger partial charge in [-0.3, -0.25) is 9.59 Å². The lowest BCUT2D eigenvalue weighted by Gasteiger charge is -2.46. The van der Waals surface area contributed by atoms with E-state index in [-0.39, 0.29) is 0 Å². The summed E-state index contributed by atoms with van der Waals surface area (Å²) in [5, 5.41) is 20.3. The quantitative estimate of drug-likeness (QED) is 0.139. The average molecular weight is 465 g/mol. The summed E-state index contributed by atoms with van der Waals surface area (Å²) in [6.07, 6.45) is 23.3. The molecule has 4 heteroatoms. The second-order valence-electron chi connectivity index (χ2n) is 10.9. The molecule has 0 saturated carbocycles. The van der Waals surface area contributed by atoms with Gasteiger partial charge in [-0.25, -0.2) is 0 Å². The molecule has 0 heterocycles. The Hall–Kier alpha value is -1.32. The molecule has 0 radical (unpaired) electrons. The molecule has 0 spiro atoms. The van der Waals surface area contributed by atoms with Gasteiger partial charge in [0.05, 0.1) is 10.8 Å². The Kier molecular flexibility index (Phi) is 14.7. The molecule has 0 bridgehead atoms. The van der Waals surface area contributed by atoms with Crippen LogP contribution in [-0.2, 0) is 9.59 Å². The van der Waals surface area contributed by atoms with Crippen LogP contribution in [0.2, 0.25) is 0 Å². The van der Waals surface area contributed by atoms with Gasteiger partial charge < -0.3 is 10.2 Å². The largest absolute Gasteiger partial charge is 0.481 e. The van der Waals surface area contributed by atoms with E-state index in [9.17, 15) is 19.8 Å². The number of unbranched alkanes of at least 4 members (excludes halogenated alkanes) is 12. The standard InChI is InChI=1S/C29H52O4/c1-4-5-21-28(26(30)31)23-18-19-24-29(28,27(32)33)22-17-15-13-11-9-7-6-8-10-12-14-16-20-25(2)3/h18-19,25H,4-17,20-24H2,1-3H3,(H,30,31)(H,32,33).